The molecule has 0 spiro atoms. The first-order valence-corrected chi connectivity index (χ1v) is 11.2. The van der Waals surface area contributed by atoms with Gasteiger partial charge in [-0.3, -0.25) is 14.5 Å². The topological polar surface area (TPSA) is 61.9 Å². The molecule has 2 heterocycles. The Bertz CT molecular complexity index is 729. The Morgan fingerprint density at radius 2 is 1.76 bits per heavy atom. The van der Waals surface area contributed by atoms with Crippen LogP contribution in [0.1, 0.15) is 50.5 Å². The lowest BCUT2D eigenvalue weighted by Crippen LogP contribution is -2.33. The van der Waals surface area contributed by atoms with Crippen LogP contribution >= 0.6 is 0 Å². The highest BCUT2D eigenvalue weighted by Crippen LogP contribution is 2.39. The second kappa shape index (κ2) is 9.16. The second-order valence-corrected chi connectivity index (χ2v) is 8.66. The summed E-state index contributed by atoms with van der Waals surface area (Å²) < 4.78 is 5.67. The minimum atomic E-state index is -0.00114. The third kappa shape index (κ3) is 4.42. The molecule has 29 heavy (non-hydrogen) atoms. The summed E-state index contributed by atoms with van der Waals surface area (Å²) in [7, 11) is 2.04. The van der Waals surface area contributed by atoms with Crippen LogP contribution in [0.2, 0.25) is 0 Å². The van der Waals surface area contributed by atoms with E-state index in [1.165, 1.54) is 16.2 Å². The largest absolute Gasteiger partial charge is 0.471 e. The minimum absolute atomic E-state index is 0.00114. The highest BCUT2D eigenvalue weighted by atomic mass is 16.5. The Balaban J connectivity index is 1.04. The van der Waals surface area contributed by atoms with Crippen molar-refractivity contribution in [1.82, 2.24) is 10.2 Å². The number of nitrogens with one attached hydrogen (secondary N) is 1. The Morgan fingerprint density at radius 1 is 1.03 bits per heavy atom. The molecule has 2 unspecified atom stereocenters. The first-order valence-electron chi connectivity index (χ1n) is 11.2. The number of aryl methyl sites for hydroxylation is 1. The van der Waals surface area contributed by atoms with Gasteiger partial charge in [-0.25, -0.2) is 0 Å². The van der Waals surface area contributed by atoms with E-state index in [4.69, 9.17) is 4.74 Å². The van der Waals surface area contributed by atoms with E-state index in [1.807, 2.05) is 7.05 Å². The summed E-state index contributed by atoms with van der Waals surface area (Å²) in [4.78, 5) is 28.3. The van der Waals surface area contributed by atoms with Gasteiger partial charge in [-0.2, -0.15) is 0 Å². The van der Waals surface area contributed by atoms with Gasteiger partial charge in [-0.15, -0.1) is 0 Å². The molecule has 1 N–H and O–H groups in total. The zero-order chi connectivity index (χ0) is 20.2. The molecule has 2 amide bonds. The number of carbonyl (C=O) groups excluding carboxylic acids is 2. The van der Waals surface area contributed by atoms with Crippen molar-refractivity contribution in [2.45, 2.75) is 51.4 Å². The molecule has 1 aromatic carbocycles. The maximum Gasteiger partial charge on any atom is 0.233 e. The molecule has 1 saturated heterocycles. The highest BCUT2D eigenvalue weighted by Gasteiger charge is 2.49. The zero-order valence-corrected chi connectivity index (χ0v) is 17.5. The van der Waals surface area contributed by atoms with Crippen molar-refractivity contribution in [1.29, 1.82) is 0 Å². The average molecular weight is 400 g/mol. The smallest absolute Gasteiger partial charge is 0.233 e. The molecule has 2 fully saturated rings. The molecule has 6 nitrogen and oxygen atoms in total. The number of carbonyl (C=O) groups is 2. The van der Waals surface area contributed by atoms with Crippen molar-refractivity contribution in [3.63, 3.8) is 0 Å². The fourth-order valence-corrected chi connectivity index (χ4v) is 4.89. The molecule has 6 heteroatoms. The Morgan fingerprint density at radius 3 is 2.52 bits per heavy atom. The van der Waals surface area contributed by atoms with Gasteiger partial charge in [-0.05, 0) is 75.7 Å². The predicted molar refractivity (Wildman–Crippen MR) is 113 cm³/mol. The summed E-state index contributed by atoms with van der Waals surface area (Å²) in [5, 5.41) is 3.49. The van der Waals surface area contributed by atoms with E-state index in [-0.39, 0.29) is 23.7 Å². The molecule has 1 aliphatic carbocycles. The number of benzene rings is 1. The normalized spacial score (nSPS) is 22.9. The Kier molecular flexibility index (Phi) is 6.38. The summed E-state index contributed by atoms with van der Waals surface area (Å²) in [5.41, 5.74) is 2.51. The number of anilines is 1. The number of ether oxygens (including phenoxy) is 1. The third-order valence-corrected chi connectivity index (χ3v) is 6.59. The fraction of sp³-hybridized carbons (Fsp3) is 0.652. The maximum absolute atomic E-state index is 12.3. The molecule has 158 valence electrons. The van der Waals surface area contributed by atoms with Crippen LogP contribution in [0.3, 0.4) is 0 Å². The Hall–Kier alpha value is -2.08. The second-order valence-electron chi connectivity index (χ2n) is 8.66. The molecular weight excluding hydrogens is 366 g/mol. The van der Waals surface area contributed by atoms with E-state index in [0.29, 0.717) is 13.3 Å². The molecule has 0 aromatic heterocycles. The van der Waals surface area contributed by atoms with Crippen LogP contribution in [0, 0.1) is 11.8 Å². The van der Waals surface area contributed by atoms with E-state index in [0.717, 1.165) is 70.2 Å². The van der Waals surface area contributed by atoms with Gasteiger partial charge in [0.2, 0.25) is 11.8 Å². The predicted octanol–water partition coefficient (Wildman–Crippen LogP) is 2.95. The molecule has 0 radical (unpaired) electrons. The van der Waals surface area contributed by atoms with Gasteiger partial charge >= 0.3 is 0 Å². The van der Waals surface area contributed by atoms with Gasteiger partial charge in [0.25, 0.3) is 0 Å². The van der Waals surface area contributed by atoms with Gasteiger partial charge in [-0.1, -0.05) is 12.5 Å². The van der Waals surface area contributed by atoms with Crippen molar-refractivity contribution < 1.29 is 14.3 Å². The van der Waals surface area contributed by atoms with Crippen LogP contribution in [0.4, 0.5) is 5.69 Å². The highest BCUT2D eigenvalue weighted by molar-refractivity contribution is 6.05. The molecule has 1 aromatic rings. The van der Waals surface area contributed by atoms with Crippen molar-refractivity contribution in [2.75, 3.05) is 38.3 Å². The fourth-order valence-electron chi connectivity index (χ4n) is 4.89. The van der Waals surface area contributed by atoms with Crippen molar-refractivity contribution in [3.8, 4) is 5.75 Å². The minimum Gasteiger partial charge on any atom is -0.471 e. The quantitative estimate of drug-likeness (QED) is 0.484. The lowest BCUT2D eigenvalue weighted by atomic mass is 10.00. The van der Waals surface area contributed by atoms with E-state index in [1.54, 1.807) is 0 Å². The summed E-state index contributed by atoms with van der Waals surface area (Å²) in [5.74, 6) is 1.18. The maximum atomic E-state index is 12.3. The van der Waals surface area contributed by atoms with Crippen LogP contribution in [-0.2, 0) is 16.0 Å². The van der Waals surface area contributed by atoms with Crippen LogP contribution in [-0.4, -0.2) is 50.1 Å². The van der Waals surface area contributed by atoms with E-state index < -0.39 is 0 Å². The SMILES string of the molecule is CN1COc2cc(CCCCNCCCCN3C(=O)C4CCCC4C3=O)ccc21. The number of fused-ring (bicyclic) bond motifs is 2. The molecule has 1 saturated carbocycles. The van der Waals surface area contributed by atoms with Crippen LogP contribution < -0.4 is 15.0 Å². The van der Waals surface area contributed by atoms with Gasteiger partial charge in [0, 0.05) is 13.6 Å². The Labute approximate surface area is 173 Å². The first-order chi connectivity index (χ1) is 14.1. The number of nitrogens with zero attached hydrogens (tertiary/aromatic N) is 2. The van der Waals surface area contributed by atoms with Gasteiger partial charge in [0.1, 0.15) is 5.75 Å². The van der Waals surface area contributed by atoms with E-state index in [9.17, 15) is 9.59 Å². The van der Waals surface area contributed by atoms with Crippen LogP contribution in [0.15, 0.2) is 18.2 Å². The van der Waals surface area contributed by atoms with Crippen molar-refractivity contribution in [3.05, 3.63) is 23.8 Å². The average Bonchev–Trinajstić information content (AvgIpc) is 3.40. The van der Waals surface area contributed by atoms with Crippen LogP contribution in [0.25, 0.3) is 0 Å². The molecule has 4 rings (SSSR count). The molecule has 2 atom stereocenters. The van der Waals surface area contributed by atoms with Crippen molar-refractivity contribution in [2.24, 2.45) is 11.8 Å². The summed E-state index contributed by atoms with van der Waals surface area (Å²) in [6.45, 7) is 3.20. The zero-order valence-electron chi connectivity index (χ0n) is 17.5. The molecule has 0 bridgehead atoms. The van der Waals surface area contributed by atoms with Gasteiger partial charge in [0.05, 0.1) is 17.5 Å². The van der Waals surface area contributed by atoms with Crippen LogP contribution in [0.5, 0.6) is 5.75 Å². The van der Waals surface area contributed by atoms with E-state index in [2.05, 4.69) is 28.4 Å². The van der Waals surface area contributed by atoms with E-state index >= 15 is 0 Å². The number of imide groups is 1. The van der Waals surface area contributed by atoms with Gasteiger partial charge < -0.3 is 15.0 Å². The molecule has 2 aliphatic heterocycles. The number of unbranched alkanes of at least 4 members (excludes halogenated alkanes) is 2. The third-order valence-electron chi connectivity index (χ3n) is 6.59. The summed E-state index contributed by atoms with van der Waals surface area (Å²) >= 11 is 0. The number of hydrogen-bond acceptors (Lipinski definition) is 5. The monoisotopic (exact) mass is 399 g/mol. The lowest BCUT2D eigenvalue weighted by Gasteiger charge is -2.15. The number of amides is 2. The molecular formula is C23H33N3O3. The van der Waals surface area contributed by atoms with Gasteiger partial charge in [0.15, 0.2) is 6.73 Å². The number of rotatable bonds is 10. The molecule has 3 aliphatic rings. The number of hydrogen-bond donors (Lipinski definition) is 1. The lowest BCUT2D eigenvalue weighted by molar-refractivity contribution is -0.140. The first kappa shape index (κ1) is 20.2. The van der Waals surface area contributed by atoms with Crippen molar-refractivity contribution >= 4 is 17.5 Å². The summed E-state index contributed by atoms with van der Waals surface area (Å²) in [6.07, 6.45) is 8.11. The summed E-state index contributed by atoms with van der Waals surface area (Å²) in [6, 6.07) is 6.52. The number of likely N-dealkylation sites (tertiary alicyclic amines) is 1. The standard InChI is InChI=1S/C23H33N3O3/c1-25-16-29-21-15-17(10-11-20(21)25)7-2-3-12-24-13-4-5-14-26-22(27)18-8-6-9-19(18)23(26)28/h10-11,15,18-19,24H,2-9,12-14,16H2,1H3.